The molecule has 1 unspecified atom stereocenters. The van der Waals surface area contributed by atoms with E-state index in [4.69, 9.17) is 9.47 Å². The maximum Gasteiger partial charge on any atom is 0.191 e. The summed E-state index contributed by atoms with van der Waals surface area (Å²) in [7, 11) is 0. The summed E-state index contributed by atoms with van der Waals surface area (Å²) in [5, 5.41) is 6.58. The lowest BCUT2D eigenvalue weighted by molar-refractivity contribution is 0.0168. The molecule has 7 nitrogen and oxygen atoms in total. The molecule has 2 aliphatic heterocycles. The van der Waals surface area contributed by atoms with Crippen molar-refractivity contribution in [2.45, 2.75) is 45.8 Å². The van der Waals surface area contributed by atoms with Crippen molar-refractivity contribution < 1.29 is 13.9 Å². The molecule has 3 rings (SSSR count). The van der Waals surface area contributed by atoms with Crippen molar-refractivity contribution in [1.82, 2.24) is 15.5 Å². The van der Waals surface area contributed by atoms with E-state index in [2.05, 4.69) is 32.3 Å². The second kappa shape index (κ2) is 13.6. The van der Waals surface area contributed by atoms with Crippen LogP contribution in [0.25, 0.3) is 0 Å². The molecule has 2 N–H and O–H groups in total. The van der Waals surface area contributed by atoms with E-state index in [1.54, 1.807) is 6.07 Å². The summed E-state index contributed by atoms with van der Waals surface area (Å²) in [5.74, 6) is 0.579. The van der Waals surface area contributed by atoms with Crippen LogP contribution in [-0.2, 0) is 16.0 Å². The molecule has 1 aromatic carbocycles. The lowest BCUT2D eigenvalue weighted by Crippen LogP contribution is -2.46. The number of halogens is 1. The van der Waals surface area contributed by atoms with Crippen LogP contribution >= 0.6 is 0 Å². The zero-order valence-corrected chi connectivity index (χ0v) is 19.7. The Bertz CT molecular complexity index is 704. The molecule has 2 heterocycles. The molecule has 2 saturated heterocycles. The van der Waals surface area contributed by atoms with Gasteiger partial charge in [0, 0.05) is 52.5 Å². The largest absolute Gasteiger partial charge is 0.379 e. The second-order valence-corrected chi connectivity index (χ2v) is 8.39. The lowest BCUT2D eigenvalue weighted by atomic mass is 10.1. The van der Waals surface area contributed by atoms with E-state index in [1.807, 2.05) is 19.1 Å². The third-order valence-corrected chi connectivity index (χ3v) is 6.02. The molecule has 1 aromatic rings. The average molecular weight is 450 g/mol. The molecular weight excluding hydrogens is 409 g/mol. The molecule has 0 saturated carbocycles. The lowest BCUT2D eigenvalue weighted by Gasteiger charge is -2.35. The minimum Gasteiger partial charge on any atom is -0.379 e. The number of aliphatic imine (C=N–C) groups is 1. The SMILES string of the molecule is CCNC(=NCc1ccc(N2CCN(CC)CC2)c(F)c1)NCCCOCC1CCCO1. The Balaban J connectivity index is 1.42. The number of rotatable bonds is 11. The molecule has 180 valence electrons. The maximum absolute atomic E-state index is 14.8. The third-order valence-electron chi connectivity index (χ3n) is 6.02. The van der Waals surface area contributed by atoms with Gasteiger partial charge in [0.25, 0.3) is 0 Å². The van der Waals surface area contributed by atoms with E-state index < -0.39 is 0 Å². The molecule has 2 aliphatic rings. The Morgan fingerprint density at radius 1 is 1.22 bits per heavy atom. The first-order chi connectivity index (χ1) is 15.7. The first-order valence-corrected chi connectivity index (χ1v) is 12.2. The summed E-state index contributed by atoms with van der Waals surface area (Å²) in [4.78, 5) is 9.15. The average Bonchev–Trinajstić information content (AvgIpc) is 3.33. The summed E-state index contributed by atoms with van der Waals surface area (Å²) < 4.78 is 26.0. The maximum atomic E-state index is 14.8. The standard InChI is InChI=1S/C24H40FN5O2/c1-3-26-24(27-10-6-15-31-19-21-7-5-16-32-21)28-18-20-8-9-23(22(25)17-20)30-13-11-29(4-2)12-14-30/h8-9,17,21H,3-7,10-16,18-19H2,1-2H3,(H2,26,27,28). The number of nitrogens with zero attached hydrogens (tertiary/aromatic N) is 3. The van der Waals surface area contributed by atoms with Crippen LogP contribution in [-0.4, -0.2) is 82.6 Å². The molecule has 2 fully saturated rings. The number of hydrogen-bond donors (Lipinski definition) is 2. The fraction of sp³-hybridized carbons (Fsp3) is 0.708. The second-order valence-electron chi connectivity index (χ2n) is 8.39. The van der Waals surface area contributed by atoms with Gasteiger partial charge in [-0.1, -0.05) is 13.0 Å². The minimum absolute atomic E-state index is 0.163. The highest BCUT2D eigenvalue weighted by atomic mass is 19.1. The molecule has 0 bridgehead atoms. The van der Waals surface area contributed by atoms with Crippen molar-refractivity contribution in [1.29, 1.82) is 0 Å². The molecule has 1 atom stereocenters. The summed E-state index contributed by atoms with van der Waals surface area (Å²) in [5.41, 5.74) is 1.57. The van der Waals surface area contributed by atoms with Gasteiger partial charge in [-0.15, -0.1) is 0 Å². The predicted octanol–water partition coefficient (Wildman–Crippen LogP) is 2.61. The predicted molar refractivity (Wildman–Crippen MR) is 128 cm³/mol. The first-order valence-electron chi connectivity index (χ1n) is 12.2. The van der Waals surface area contributed by atoms with Gasteiger partial charge < -0.3 is 29.9 Å². The van der Waals surface area contributed by atoms with Gasteiger partial charge in [-0.25, -0.2) is 9.38 Å². The smallest absolute Gasteiger partial charge is 0.191 e. The summed E-state index contributed by atoms with van der Waals surface area (Å²) >= 11 is 0. The van der Waals surface area contributed by atoms with E-state index in [1.165, 1.54) is 0 Å². The summed E-state index contributed by atoms with van der Waals surface area (Å²) in [6.07, 6.45) is 3.41. The van der Waals surface area contributed by atoms with E-state index in [0.29, 0.717) is 25.4 Å². The van der Waals surface area contributed by atoms with Gasteiger partial charge in [-0.2, -0.15) is 0 Å². The van der Waals surface area contributed by atoms with Gasteiger partial charge in [0.15, 0.2) is 5.96 Å². The normalized spacial score (nSPS) is 20.0. The van der Waals surface area contributed by atoms with E-state index in [0.717, 1.165) is 83.2 Å². The highest BCUT2D eigenvalue weighted by Crippen LogP contribution is 2.22. The van der Waals surface area contributed by atoms with Gasteiger partial charge in [0.1, 0.15) is 5.82 Å². The molecule has 32 heavy (non-hydrogen) atoms. The van der Waals surface area contributed by atoms with Crippen LogP contribution in [0, 0.1) is 5.82 Å². The van der Waals surface area contributed by atoms with E-state index >= 15 is 0 Å². The number of guanidine groups is 1. The Kier molecular flexibility index (Phi) is 10.5. The minimum atomic E-state index is -0.163. The molecule has 0 amide bonds. The van der Waals surface area contributed by atoms with Crippen LogP contribution in [0.2, 0.25) is 0 Å². The Morgan fingerprint density at radius 3 is 2.75 bits per heavy atom. The van der Waals surface area contributed by atoms with Crippen LogP contribution in [0.1, 0.15) is 38.7 Å². The highest BCUT2D eigenvalue weighted by molar-refractivity contribution is 5.79. The Morgan fingerprint density at radius 2 is 2.06 bits per heavy atom. The Labute approximate surface area is 192 Å². The van der Waals surface area contributed by atoms with Gasteiger partial charge in [0.2, 0.25) is 0 Å². The highest BCUT2D eigenvalue weighted by Gasteiger charge is 2.18. The molecule has 0 spiro atoms. The number of benzene rings is 1. The van der Waals surface area contributed by atoms with Gasteiger partial charge in [-0.05, 0) is 50.4 Å². The monoisotopic (exact) mass is 449 g/mol. The number of piperazine rings is 1. The summed E-state index contributed by atoms with van der Waals surface area (Å²) in [6, 6.07) is 5.50. The van der Waals surface area contributed by atoms with Crippen molar-refractivity contribution in [2.24, 2.45) is 4.99 Å². The summed E-state index contributed by atoms with van der Waals surface area (Å²) in [6.45, 7) is 13.2. The van der Waals surface area contributed by atoms with Crippen molar-refractivity contribution in [3.8, 4) is 0 Å². The number of anilines is 1. The molecule has 8 heteroatoms. The van der Waals surface area contributed by atoms with E-state index in [-0.39, 0.29) is 11.9 Å². The van der Waals surface area contributed by atoms with Gasteiger partial charge in [0.05, 0.1) is 24.9 Å². The van der Waals surface area contributed by atoms with Crippen LogP contribution in [0.3, 0.4) is 0 Å². The van der Waals surface area contributed by atoms with Crippen molar-refractivity contribution in [2.75, 3.05) is 70.5 Å². The number of ether oxygens (including phenoxy) is 2. The fourth-order valence-electron chi connectivity index (χ4n) is 4.09. The van der Waals surface area contributed by atoms with Crippen LogP contribution < -0.4 is 15.5 Å². The van der Waals surface area contributed by atoms with Gasteiger partial charge >= 0.3 is 0 Å². The molecule has 0 aliphatic carbocycles. The number of nitrogens with one attached hydrogen (secondary N) is 2. The van der Waals surface area contributed by atoms with Crippen molar-refractivity contribution >= 4 is 11.6 Å². The topological polar surface area (TPSA) is 61.4 Å². The van der Waals surface area contributed by atoms with Crippen LogP contribution in [0.5, 0.6) is 0 Å². The molecular formula is C24H40FN5O2. The van der Waals surface area contributed by atoms with Crippen molar-refractivity contribution in [3.63, 3.8) is 0 Å². The fourth-order valence-corrected chi connectivity index (χ4v) is 4.09. The first kappa shape index (κ1) is 24.7. The zero-order chi connectivity index (χ0) is 22.6. The molecule has 0 aromatic heterocycles. The quantitative estimate of drug-likeness (QED) is 0.308. The van der Waals surface area contributed by atoms with Gasteiger partial charge in [-0.3, -0.25) is 0 Å². The van der Waals surface area contributed by atoms with Crippen molar-refractivity contribution in [3.05, 3.63) is 29.6 Å². The third kappa shape index (κ3) is 7.90. The van der Waals surface area contributed by atoms with Crippen LogP contribution in [0.15, 0.2) is 23.2 Å². The van der Waals surface area contributed by atoms with Crippen LogP contribution in [0.4, 0.5) is 10.1 Å². The number of likely N-dealkylation sites (N-methyl/N-ethyl adjacent to an activating group) is 1. The Hall–Kier alpha value is -1.90. The number of hydrogen-bond acceptors (Lipinski definition) is 5. The zero-order valence-electron chi connectivity index (χ0n) is 19.7. The van der Waals surface area contributed by atoms with E-state index in [9.17, 15) is 4.39 Å². The molecule has 0 radical (unpaired) electrons.